The van der Waals surface area contributed by atoms with E-state index in [2.05, 4.69) is 10.00 Å². The molecule has 1 saturated heterocycles. The quantitative estimate of drug-likeness (QED) is 0.278. The van der Waals surface area contributed by atoms with Gasteiger partial charge in [0.1, 0.15) is 24.8 Å². The lowest BCUT2D eigenvalue weighted by atomic mass is 9.87. The molecule has 2 aromatic rings. The van der Waals surface area contributed by atoms with Crippen LogP contribution >= 0.6 is 22.9 Å². The molecule has 0 aromatic carbocycles. The van der Waals surface area contributed by atoms with Crippen molar-refractivity contribution in [2.24, 2.45) is 0 Å². The van der Waals surface area contributed by atoms with Crippen molar-refractivity contribution in [1.82, 2.24) is 14.7 Å². The number of aromatic nitrogens is 2. The van der Waals surface area contributed by atoms with E-state index in [1.54, 1.807) is 25.3 Å². The third kappa shape index (κ3) is 7.03. The summed E-state index contributed by atoms with van der Waals surface area (Å²) in [4.78, 5) is 15.6. The van der Waals surface area contributed by atoms with Crippen LogP contribution in [-0.2, 0) is 28.3 Å². The molecule has 0 spiro atoms. The molecule has 2 aliphatic rings. The second-order valence-corrected chi connectivity index (χ2v) is 11.2. The van der Waals surface area contributed by atoms with E-state index in [-0.39, 0.29) is 18.9 Å². The molecule has 0 atom stereocenters. The normalized spacial score (nSPS) is 18.2. The highest BCUT2D eigenvalue weighted by atomic mass is 35.5. The number of hydrogen-bond donors (Lipinski definition) is 0. The molecule has 6 nitrogen and oxygen atoms in total. The molecule has 2 aromatic heterocycles. The average Bonchev–Trinajstić information content (AvgIpc) is 3.55. The summed E-state index contributed by atoms with van der Waals surface area (Å²) in [5.74, 6) is -0.969. The molecule has 1 fully saturated rings. The van der Waals surface area contributed by atoms with Gasteiger partial charge in [-0.05, 0) is 51.2 Å². The van der Waals surface area contributed by atoms with Gasteiger partial charge < -0.3 is 9.47 Å². The van der Waals surface area contributed by atoms with Crippen molar-refractivity contribution in [1.29, 1.82) is 0 Å². The van der Waals surface area contributed by atoms with Crippen molar-refractivity contribution in [3.63, 3.8) is 0 Å². The van der Waals surface area contributed by atoms with Crippen LogP contribution in [0.25, 0.3) is 5.70 Å². The number of nitrogens with zero attached hydrogens (tertiary/aromatic N) is 3. The minimum Gasteiger partial charge on any atom is -0.461 e. The lowest BCUT2D eigenvalue weighted by Crippen LogP contribution is -2.44. The van der Waals surface area contributed by atoms with E-state index < -0.39 is 30.7 Å². The number of carbonyl (C=O) groups excluding carboxylic acids is 1. The number of thiophene rings is 1. The Labute approximate surface area is 235 Å². The topological polar surface area (TPSA) is 56.6 Å². The summed E-state index contributed by atoms with van der Waals surface area (Å²) < 4.78 is 55.0. The van der Waals surface area contributed by atoms with E-state index in [0.717, 1.165) is 12.8 Å². The highest BCUT2D eigenvalue weighted by molar-refractivity contribution is 7.16. The third-order valence-corrected chi connectivity index (χ3v) is 8.43. The first-order valence-corrected chi connectivity index (χ1v) is 14.3. The van der Waals surface area contributed by atoms with Crippen molar-refractivity contribution < 1.29 is 27.4 Å². The Kier molecular flexibility index (Phi) is 10.5. The van der Waals surface area contributed by atoms with Crippen LogP contribution in [0.3, 0.4) is 0 Å². The molecule has 0 unspecified atom stereocenters. The highest BCUT2D eigenvalue weighted by Crippen LogP contribution is 2.44. The Balaban J connectivity index is 1.58. The molecule has 3 heterocycles. The molecule has 4 rings (SSSR count). The van der Waals surface area contributed by atoms with Gasteiger partial charge in [-0.25, -0.2) is 22.6 Å². The number of rotatable bonds is 10. The lowest BCUT2D eigenvalue weighted by molar-refractivity contribution is -0.0923. The predicted molar refractivity (Wildman–Crippen MR) is 147 cm³/mol. The Bertz CT molecular complexity index is 1230. The van der Waals surface area contributed by atoms with Gasteiger partial charge in [0.05, 0.1) is 23.2 Å². The number of allylic oxidation sites excluding steroid dienone is 6. The van der Waals surface area contributed by atoms with Crippen molar-refractivity contribution in [2.75, 3.05) is 33.0 Å². The number of halogens is 4. The monoisotopic (exact) mass is 583 g/mol. The second kappa shape index (κ2) is 13.8. The summed E-state index contributed by atoms with van der Waals surface area (Å²) in [6.45, 7) is 1.97. The van der Waals surface area contributed by atoms with Crippen LogP contribution < -0.4 is 0 Å². The predicted octanol–water partition coefficient (Wildman–Crippen LogP) is 7.16. The van der Waals surface area contributed by atoms with Gasteiger partial charge in [0, 0.05) is 41.8 Å². The molecule has 0 amide bonds. The number of piperidine rings is 1. The Hall–Kier alpha value is -2.40. The number of carbonyl (C=O) groups is 1. The molecule has 0 saturated carbocycles. The summed E-state index contributed by atoms with van der Waals surface area (Å²) in [5, 5.41) is 4.46. The number of alkyl halides is 2. The average molecular weight is 584 g/mol. The van der Waals surface area contributed by atoms with E-state index in [4.69, 9.17) is 21.1 Å². The zero-order valence-corrected chi connectivity index (χ0v) is 23.5. The van der Waals surface area contributed by atoms with Crippen LogP contribution in [0.5, 0.6) is 0 Å². The molecule has 39 heavy (non-hydrogen) atoms. The van der Waals surface area contributed by atoms with Crippen LogP contribution in [0.1, 0.15) is 65.5 Å². The fourth-order valence-electron chi connectivity index (χ4n) is 5.04. The Morgan fingerprint density at radius 1 is 1.23 bits per heavy atom. The highest BCUT2D eigenvalue weighted by Gasteiger charge is 2.40. The van der Waals surface area contributed by atoms with Crippen molar-refractivity contribution >= 4 is 34.6 Å². The number of likely N-dealkylation sites (tertiary alicyclic amines) is 1. The number of ether oxygens (including phenoxy) is 2. The fraction of sp³-hybridized carbons (Fsp3) is 0.500. The molecule has 212 valence electrons. The van der Waals surface area contributed by atoms with Crippen molar-refractivity contribution in [2.45, 2.75) is 57.8 Å². The summed E-state index contributed by atoms with van der Waals surface area (Å²) in [6.07, 6.45) is 11.5. The van der Waals surface area contributed by atoms with Crippen LogP contribution in [-0.4, -0.2) is 53.6 Å². The largest absolute Gasteiger partial charge is 0.461 e. The summed E-state index contributed by atoms with van der Waals surface area (Å²) in [7, 11) is 0. The molecule has 1 aliphatic carbocycles. The van der Waals surface area contributed by atoms with Gasteiger partial charge in [-0.15, -0.1) is 11.3 Å². The standard InChI is InChI=1S/C28H33ClF3N3O3S/c1-2-37-27(36)25-21(19-35(33-25)23-9-7-5-3-4-6-8-22(23)32)18-34-13-10-28(11-14-34,38-15-12-30)26-20(17-31)16-24(29)39-26/h3-4,6,8,16,19H,2,5,7,9-15,17-18H2,1H3. The second-order valence-electron chi connectivity index (χ2n) is 9.49. The Morgan fingerprint density at radius 2 is 2.03 bits per heavy atom. The van der Waals surface area contributed by atoms with Crippen LogP contribution in [0.15, 0.2) is 42.4 Å². The van der Waals surface area contributed by atoms with Crippen LogP contribution in [0, 0.1) is 0 Å². The Morgan fingerprint density at radius 3 is 2.74 bits per heavy atom. The van der Waals surface area contributed by atoms with E-state index in [1.165, 1.54) is 22.1 Å². The molecule has 0 radical (unpaired) electrons. The van der Waals surface area contributed by atoms with Crippen LogP contribution in [0.4, 0.5) is 13.2 Å². The molecular weight excluding hydrogens is 551 g/mol. The zero-order chi connectivity index (χ0) is 27.8. The van der Waals surface area contributed by atoms with Crippen molar-refractivity contribution in [3.8, 4) is 0 Å². The molecule has 1 aliphatic heterocycles. The van der Waals surface area contributed by atoms with Gasteiger partial charge in [0.25, 0.3) is 0 Å². The number of hydrogen-bond acceptors (Lipinski definition) is 6. The van der Waals surface area contributed by atoms with E-state index in [9.17, 15) is 13.6 Å². The van der Waals surface area contributed by atoms with Gasteiger partial charge in [0.15, 0.2) is 5.69 Å². The minimum atomic E-state index is -0.832. The zero-order valence-electron chi connectivity index (χ0n) is 21.9. The van der Waals surface area contributed by atoms with Gasteiger partial charge in [-0.2, -0.15) is 5.10 Å². The summed E-state index contributed by atoms with van der Waals surface area (Å²) in [5.41, 5.74) is 0.794. The first-order valence-electron chi connectivity index (χ1n) is 13.2. The SMILES string of the molecule is CCOC(=O)c1nn(C2=C(F)C=CC=CCCC2)cc1CN1CCC(OCCF)(c2sc(Cl)cc2CF)CC1. The molecule has 0 bridgehead atoms. The van der Waals surface area contributed by atoms with Crippen molar-refractivity contribution in [3.05, 3.63) is 68.4 Å². The summed E-state index contributed by atoms with van der Waals surface area (Å²) >= 11 is 7.46. The van der Waals surface area contributed by atoms with Gasteiger partial charge in [-0.1, -0.05) is 29.8 Å². The lowest BCUT2D eigenvalue weighted by Gasteiger charge is -2.41. The van der Waals surface area contributed by atoms with Crippen LogP contribution in [0.2, 0.25) is 4.34 Å². The van der Waals surface area contributed by atoms with E-state index >= 15 is 4.39 Å². The van der Waals surface area contributed by atoms with E-state index in [1.807, 2.05) is 12.2 Å². The fourth-order valence-corrected chi connectivity index (χ4v) is 6.49. The molecule has 0 N–H and O–H groups in total. The first kappa shape index (κ1) is 29.6. The summed E-state index contributed by atoms with van der Waals surface area (Å²) in [6, 6.07) is 1.60. The maximum absolute atomic E-state index is 15.0. The molecular formula is C28H33ClF3N3O3S. The first-order chi connectivity index (χ1) is 18.9. The molecule has 11 heteroatoms. The smallest absolute Gasteiger partial charge is 0.359 e. The number of esters is 1. The maximum atomic E-state index is 15.0. The van der Waals surface area contributed by atoms with Gasteiger partial charge in [-0.3, -0.25) is 4.90 Å². The maximum Gasteiger partial charge on any atom is 0.359 e. The van der Waals surface area contributed by atoms with E-state index in [0.29, 0.717) is 64.9 Å². The third-order valence-electron chi connectivity index (χ3n) is 6.94. The van der Waals surface area contributed by atoms with Gasteiger partial charge in [0.2, 0.25) is 0 Å². The van der Waals surface area contributed by atoms with Gasteiger partial charge >= 0.3 is 5.97 Å². The minimum absolute atomic E-state index is 0.0916.